The molecule has 2 rings (SSSR count). The molecule has 4 N–H and O–H groups in total. The lowest BCUT2D eigenvalue weighted by Gasteiger charge is -2.10. The van der Waals surface area contributed by atoms with E-state index in [2.05, 4.69) is 5.32 Å². The van der Waals surface area contributed by atoms with Crippen LogP contribution in [0.5, 0.6) is 0 Å². The number of nitrogens with one attached hydrogen (secondary N) is 1. The minimum Gasteiger partial charge on any atom is -0.396 e. The molecule has 1 saturated heterocycles. The number of aliphatic hydroxyl groups excluding tert-OH is 1. The highest BCUT2D eigenvalue weighted by Gasteiger charge is 2.07. The molecule has 0 spiro atoms. The molecule has 0 amide bonds. The van der Waals surface area contributed by atoms with Gasteiger partial charge in [0.05, 0.1) is 35.1 Å². The molecular formula is C12H19Cl3N2O2. The van der Waals surface area contributed by atoms with Crippen molar-refractivity contribution >= 4 is 41.3 Å². The molecule has 1 aliphatic rings. The Labute approximate surface area is 129 Å². The largest absolute Gasteiger partial charge is 0.396 e. The third kappa shape index (κ3) is 6.65. The van der Waals surface area contributed by atoms with E-state index in [0.717, 1.165) is 26.3 Å². The third-order valence-electron chi connectivity index (χ3n) is 2.43. The van der Waals surface area contributed by atoms with Gasteiger partial charge in [0.2, 0.25) is 0 Å². The summed E-state index contributed by atoms with van der Waals surface area (Å²) in [5.74, 6) is 0. The van der Waals surface area contributed by atoms with Crippen LogP contribution in [0.3, 0.4) is 0 Å². The van der Waals surface area contributed by atoms with E-state index in [4.69, 9.17) is 33.7 Å². The Kier molecular flexibility index (Phi) is 9.52. The zero-order chi connectivity index (χ0) is 13.5. The fourth-order valence-corrected chi connectivity index (χ4v) is 1.86. The summed E-state index contributed by atoms with van der Waals surface area (Å²) in [4.78, 5) is 0. The van der Waals surface area contributed by atoms with Crippen molar-refractivity contribution in [1.29, 1.82) is 0 Å². The van der Waals surface area contributed by atoms with Crippen molar-refractivity contribution in [3.05, 3.63) is 27.7 Å². The first kappa shape index (κ1) is 18.8. The SMILES string of the molecule is C1COCCN1.CC(O)c1cc(Cl)c(N)c(Cl)c1.Cl. The van der Waals surface area contributed by atoms with Gasteiger partial charge in [-0.15, -0.1) is 12.4 Å². The zero-order valence-electron chi connectivity index (χ0n) is 10.7. The molecule has 0 radical (unpaired) electrons. The highest BCUT2D eigenvalue weighted by Crippen LogP contribution is 2.30. The van der Waals surface area contributed by atoms with Gasteiger partial charge in [-0.3, -0.25) is 0 Å². The number of nitrogens with two attached hydrogens (primary N) is 1. The van der Waals surface area contributed by atoms with Crippen LogP contribution in [0.2, 0.25) is 10.0 Å². The molecule has 1 unspecified atom stereocenters. The van der Waals surface area contributed by atoms with E-state index in [-0.39, 0.29) is 12.4 Å². The Morgan fingerprint density at radius 3 is 2.00 bits per heavy atom. The number of anilines is 1. The number of ether oxygens (including phenoxy) is 1. The second-order valence-corrected chi connectivity index (χ2v) is 4.75. The number of hydrogen-bond acceptors (Lipinski definition) is 4. The predicted molar refractivity (Wildman–Crippen MR) is 82.4 cm³/mol. The molecule has 110 valence electrons. The fourth-order valence-electron chi connectivity index (χ4n) is 1.36. The second-order valence-electron chi connectivity index (χ2n) is 3.94. The van der Waals surface area contributed by atoms with Crippen molar-refractivity contribution in [2.24, 2.45) is 0 Å². The van der Waals surface area contributed by atoms with Crippen LogP contribution in [0, 0.1) is 0 Å². The molecule has 0 bridgehead atoms. The van der Waals surface area contributed by atoms with Crippen LogP contribution in [-0.2, 0) is 4.74 Å². The highest BCUT2D eigenvalue weighted by molar-refractivity contribution is 6.38. The summed E-state index contributed by atoms with van der Waals surface area (Å²) in [6.07, 6.45) is -0.583. The summed E-state index contributed by atoms with van der Waals surface area (Å²) in [5.41, 5.74) is 6.52. The Morgan fingerprint density at radius 1 is 1.26 bits per heavy atom. The van der Waals surface area contributed by atoms with Crippen LogP contribution in [-0.4, -0.2) is 31.4 Å². The average molecular weight is 330 g/mol. The Balaban J connectivity index is 0.000000392. The van der Waals surface area contributed by atoms with Gasteiger partial charge in [0.25, 0.3) is 0 Å². The van der Waals surface area contributed by atoms with Crippen LogP contribution in [0.15, 0.2) is 12.1 Å². The molecule has 19 heavy (non-hydrogen) atoms. The van der Waals surface area contributed by atoms with Crippen molar-refractivity contribution in [2.45, 2.75) is 13.0 Å². The Bertz CT molecular complexity index is 351. The van der Waals surface area contributed by atoms with Gasteiger partial charge in [-0.05, 0) is 24.6 Å². The molecule has 1 heterocycles. The van der Waals surface area contributed by atoms with Gasteiger partial charge in [-0.2, -0.15) is 0 Å². The van der Waals surface area contributed by atoms with Gasteiger partial charge >= 0.3 is 0 Å². The molecule has 1 aliphatic heterocycles. The number of aliphatic hydroxyl groups is 1. The van der Waals surface area contributed by atoms with E-state index in [1.807, 2.05) is 0 Å². The average Bonchev–Trinajstić information content (AvgIpc) is 2.38. The quantitative estimate of drug-likeness (QED) is 0.693. The van der Waals surface area contributed by atoms with Crippen molar-refractivity contribution in [1.82, 2.24) is 5.32 Å². The number of hydrogen-bond donors (Lipinski definition) is 3. The number of nitrogen functional groups attached to an aromatic ring is 1. The monoisotopic (exact) mass is 328 g/mol. The predicted octanol–water partition coefficient (Wildman–Crippen LogP) is 2.66. The van der Waals surface area contributed by atoms with E-state index in [1.54, 1.807) is 19.1 Å². The topological polar surface area (TPSA) is 67.5 Å². The summed E-state index contributed by atoms with van der Waals surface area (Å²) in [6, 6.07) is 3.21. The van der Waals surface area contributed by atoms with Gasteiger partial charge < -0.3 is 20.9 Å². The van der Waals surface area contributed by atoms with E-state index >= 15 is 0 Å². The van der Waals surface area contributed by atoms with Crippen molar-refractivity contribution < 1.29 is 9.84 Å². The number of halogens is 3. The Morgan fingerprint density at radius 2 is 1.74 bits per heavy atom. The number of morpholine rings is 1. The molecule has 1 aromatic rings. The molecule has 0 saturated carbocycles. The van der Waals surface area contributed by atoms with Gasteiger partial charge in [0.15, 0.2) is 0 Å². The van der Waals surface area contributed by atoms with Crippen LogP contribution < -0.4 is 11.1 Å². The van der Waals surface area contributed by atoms with Crippen LogP contribution >= 0.6 is 35.6 Å². The summed E-state index contributed by atoms with van der Waals surface area (Å²) in [7, 11) is 0. The van der Waals surface area contributed by atoms with E-state index < -0.39 is 6.10 Å². The van der Waals surface area contributed by atoms with Gasteiger partial charge in [-0.1, -0.05) is 23.2 Å². The smallest absolute Gasteiger partial charge is 0.0762 e. The highest BCUT2D eigenvalue weighted by atomic mass is 35.5. The fraction of sp³-hybridized carbons (Fsp3) is 0.500. The van der Waals surface area contributed by atoms with E-state index in [0.29, 0.717) is 21.3 Å². The zero-order valence-corrected chi connectivity index (χ0v) is 13.0. The number of rotatable bonds is 1. The first-order valence-corrected chi connectivity index (χ1v) is 6.49. The lowest BCUT2D eigenvalue weighted by atomic mass is 10.1. The van der Waals surface area contributed by atoms with Crippen LogP contribution in [0.1, 0.15) is 18.6 Å². The molecule has 1 aromatic carbocycles. The normalized spacial score (nSPS) is 15.8. The van der Waals surface area contributed by atoms with Gasteiger partial charge in [0.1, 0.15) is 0 Å². The lowest BCUT2D eigenvalue weighted by Crippen LogP contribution is -2.30. The molecule has 0 aromatic heterocycles. The molecular weight excluding hydrogens is 311 g/mol. The molecule has 1 atom stereocenters. The summed E-state index contributed by atoms with van der Waals surface area (Å²) in [5, 5.41) is 13.1. The Hall–Kier alpha value is -0.230. The van der Waals surface area contributed by atoms with Crippen LogP contribution in [0.4, 0.5) is 5.69 Å². The van der Waals surface area contributed by atoms with E-state index in [1.165, 1.54) is 0 Å². The third-order valence-corrected chi connectivity index (χ3v) is 3.06. The first-order valence-electron chi connectivity index (χ1n) is 5.73. The minimum absolute atomic E-state index is 0. The first-order chi connectivity index (χ1) is 8.52. The maximum absolute atomic E-state index is 9.21. The van der Waals surface area contributed by atoms with Crippen molar-refractivity contribution in [2.75, 3.05) is 32.0 Å². The maximum Gasteiger partial charge on any atom is 0.0762 e. The molecule has 0 aliphatic carbocycles. The molecule has 7 heteroatoms. The van der Waals surface area contributed by atoms with E-state index in [9.17, 15) is 5.11 Å². The second kappa shape index (κ2) is 9.64. The van der Waals surface area contributed by atoms with Gasteiger partial charge in [-0.25, -0.2) is 0 Å². The lowest BCUT2D eigenvalue weighted by molar-refractivity contribution is 0.109. The maximum atomic E-state index is 9.21. The standard InChI is InChI=1S/C8H9Cl2NO.C4H9NO.ClH/c1-4(12)5-2-6(9)8(11)7(10)3-5;1-3-6-4-2-5-1;/h2-4,12H,11H2,1H3;5H,1-4H2;1H. The number of benzene rings is 1. The van der Waals surface area contributed by atoms with Crippen LogP contribution in [0.25, 0.3) is 0 Å². The van der Waals surface area contributed by atoms with Crippen molar-refractivity contribution in [3.8, 4) is 0 Å². The molecule has 4 nitrogen and oxygen atoms in total. The van der Waals surface area contributed by atoms with Crippen molar-refractivity contribution in [3.63, 3.8) is 0 Å². The molecule has 1 fully saturated rings. The summed E-state index contributed by atoms with van der Waals surface area (Å²) in [6.45, 7) is 5.47. The summed E-state index contributed by atoms with van der Waals surface area (Å²) < 4.78 is 5.01. The van der Waals surface area contributed by atoms with Gasteiger partial charge in [0, 0.05) is 13.1 Å². The minimum atomic E-state index is -0.583. The summed E-state index contributed by atoms with van der Waals surface area (Å²) >= 11 is 11.5.